The fraction of sp³-hybridized carbons (Fsp3) is 0.125. The van der Waals surface area contributed by atoms with Crippen LogP contribution in [-0.4, -0.2) is 15.6 Å². The van der Waals surface area contributed by atoms with Crippen molar-refractivity contribution in [1.29, 1.82) is 0 Å². The number of rotatable bonds is 2. The Morgan fingerprint density at radius 1 is 1.23 bits per heavy atom. The molecule has 1 aliphatic rings. The monoisotopic (exact) mass is 359 g/mol. The van der Waals surface area contributed by atoms with Gasteiger partial charge in [-0.3, -0.25) is 0 Å². The molecule has 2 heterocycles. The van der Waals surface area contributed by atoms with E-state index in [-0.39, 0.29) is 17.9 Å². The van der Waals surface area contributed by atoms with E-state index in [9.17, 15) is 9.18 Å². The summed E-state index contributed by atoms with van der Waals surface area (Å²) in [6.45, 7) is 0. The van der Waals surface area contributed by atoms with E-state index < -0.39 is 0 Å². The number of carbonyl (C=O) groups excluding carboxylic acids is 1. The number of nitrogens with one attached hydrogen (secondary N) is 1. The SMILES string of the molecule is O=C1N[C@H](Cc2ccc(Br)cc2)c2nc3ccc(F)cc3n21. The molecule has 6 heteroatoms. The maximum absolute atomic E-state index is 13.4. The molecule has 4 rings (SSSR count). The maximum atomic E-state index is 13.4. The molecule has 22 heavy (non-hydrogen) atoms. The second-order valence-corrected chi connectivity index (χ2v) is 6.19. The summed E-state index contributed by atoms with van der Waals surface area (Å²) in [4.78, 5) is 16.7. The van der Waals surface area contributed by atoms with Crippen LogP contribution in [0.1, 0.15) is 17.4 Å². The zero-order valence-electron chi connectivity index (χ0n) is 11.4. The minimum atomic E-state index is -0.376. The first-order valence-corrected chi connectivity index (χ1v) is 7.64. The zero-order valence-corrected chi connectivity index (χ0v) is 13.0. The van der Waals surface area contributed by atoms with E-state index in [4.69, 9.17) is 0 Å². The van der Waals surface area contributed by atoms with Gasteiger partial charge < -0.3 is 5.32 Å². The van der Waals surface area contributed by atoms with Crippen molar-refractivity contribution < 1.29 is 9.18 Å². The van der Waals surface area contributed by atoms with Crippen LogP contribution in [0.15, 0.2) is 46.9 Å². The molecule has 0 aliphatic carbocycles. The predicted molar refractivity (Wildman–Crippen MR) is 84.2 cm³/mol. The summed E-state index contributed by atoms with van der Waals surface area (Å²) < 4.78 is 15.9. The lowest BCUT2D eigenvalue weighted by Gasteiger charge is -2.08. The van der Waals surface area contributed by atoms with Gasteiger partial charge in [0.25, 0.3) is 0 Å². The van der Waals surface area contributed by atoms with Gasteiger partial charge in [-0.05, 0) is 36.2 Å². The molecule has 1 aromatic heterocycles. The number of hydrogen-bond acceptors (Lipinski definition) is 2. The molecular weight excluding hydrogens is 349 g/mol. The normalized spacial score (nSPS) is 16.8. The lowest BCUT2D eigenvalue weighted by molar-refractivity contribution is 0.245. The van der Waals surface area contributed by atoms with Crippen molar-refractivity contribution in [3.05, 3.63) is 64.1 Å². The highest BCUT2D eigenvalue weighted by atomic mass is 79.9. The van der Waals surface area contributed by atoms with Gasteiger partial charge in [-0.2, -0.15) is 0 Å². The van der Waals surface area contributed by atoms with Gasteiger partial charge in [-0.15, -0.1) is 0 Å². The number of halogens is 2. The van der Waals surface area contributed by atoms with Gasteiger partial charge in [0.05, 0.1) is 17.1 Å². The molecule has 0 fully saturated rings. The molecule has 2 aromatic carbocycles. The van der Waals surface area contributed by atoms with Crippen molar-refractivity contribution in [3.63, 3.8) is 0 Å². The zero-order chi connectivity index (χ0) is 15.3. The Morgan fingerprint density at radius 2 is 2.00 bits per heavy atom. The highest BCUT2D eigenvalue weighted by Gasteiger charge is 2.32. The Hall–Kier alpha value is -2.21. The first-order chi connectivity index (χ1) is 10.6. The van der Waals surface area contributed by atoms with Gasteiger partial charge in [0.15, 0.2) is 0 Å². The quantitative estimate of drug-likeness (QED) is 0.756. The summed E-state index contributed by atoms with van der Waals surface area (Å²) in [5.41, 5.74) is 2.23. The van der Waals surface area contributed by atoms with Gasteiger partial charge in [0.2, 0.25) is 0 Å². The van der Waals surface area contributed by atoms with Crippen molar-refractivity contribution in [2.45, 2.75) is 12.5 Å². The Kier molecular flexibility index (Phi) is 3.00. The maximum Gasteiger partial charge on any atom is 0.328 e. The fourth-order valence-electron chi connectivity index (χ4n) is 2.79. The van der Waals surface area contributed by atoms with Crippen LogP contribution < -0.4 is 5.32 Å². The van der Waals surface area contributed by atoms with Gasteiger partial charge in [0, 0.05) is 10.5 Å². The molecule has 1 aliphatic heterocycles. The second kappa shape index (κ2) is 4.91. The molecule has 0 unspecified atom stereocenters. The number of aromatic nitrogens is 2. The molecule has 4 nitrogen and oxygen atoms in total. The number of imidazole rings is 1. The van der Waals surface area contributed by atoms with Crippen molar-refractivity contribution in [1.82, 2.24) is 14.9 Å². The van der Waals surface area contributed by atoms with Crippen LogP contribution in [0.25, 0.3) is 11.0 Å². The molecule has 1 amide bonds. The van der Waals surface area contributed by atoms with Crippen LogP contribution in [-0.2, 0) is 6.42 Å². The fourth-order valence-corrected chi connectivity index (χ4v) is 3.06. The van der Waals surface area contributed by atoms with Gasteiger partial charge in [-0.25, -0.2) is 18.7 Å². The number of fused-ring (bicyclic) bond motifs is 3. The Bertz CT molecular complexity index is 888. The average Bonchev–Trinajstić information content (AvgIpc) is 3.00. The van der Waals surface area contributed by atoms with E-state index in [0.717, 1.165) is 10.0 Å². The van der Waals surface area contributed by atoms with Crippen LogP contribution in [0.4, 0.5) is 9.18 Å². The van der Waals surface area contributed by atoms with Crippen molar-refractivity contribution in [2.24, 2.45) is 0 Å². The van der Waals surface area contributed by atoms with Gasteiger partial charge in [-0.1, -0.05) is 28.1 Å². The average molecular weight is 360 g/mol. The van der Waals surface area contributed by atoms with E-state index in [1.165, 1.54) is 16.7 Å². The standard InChI is InChI=1S/C16H11BrFN3O/c17-10-3-1-9(2-4-10)7-13-15-19-12-6-5-11(18)8-14(12)21(15)16(22)20-13/h1-6,8,13H,7H2,(H,20,22)/t13-/m1/s1. The predicted octanol–water partition coefficient (Wildman–Crippen LogP) is 3.79. The first-order valence-electron chi connectivity index (χ1n) is 6.85. The molecular formula is C16H11BrFN3O. The summed E-state index contributed by atoms with van der Waals surface area (Å²) in [6, 6.07) is 11.8. The molecule has 0 saturated carbocycles. The molecule has 0 spiro atoms. The lowest BCUT2D eigenvalue weighted by Crippen LogP contribution is -2.22. The van der Waals surface area contributed by atoms with Gasteiger partial charge in [0.1, 0.15) is 11.6 Å². The number of carbonyl (C=O) groups is 1. The number of nitrogens with zero attached hydrogens (tertiary/aromatic N) is 2. The van der Waals surface area contributed by atoms with Crippen LogP contribution >= 0.6 is 15.9 Å². The number of benzene rings is 2. The Labute approximate surface area is 134 Å². The largest absolute Gasteiger partial charge is 0.328 e. The highest BCUT2D eigenvalue weighted by molar-refractivity contribution is 9.10. The third-order valence-corrected chi connectivity index (χ3v) is 4.34. The van der Waals surface area contributed by atoms with E-state index in [0.29, 0.717) is 23.3 Å². The minimum Gasteiger partial charge on any atom is -0.327 e. The van der Waals surface area contributed by atoms with E-state index in [2.05, 4.69) is 26.2 Å². The van der Waals surface area contributed by atoms with Crippen molar-refractivity contribution in [2.75, 3.05) is 0 Å². The molecule has 1 atom stereocenters. The van der Waals surface area contributed by atoms with Crippen molar-refractivity contribution in [3.8, 4) is 0 Å². The molecule has 110 valence electrons. The summed E-state index contributed by atoms with van der Waals surface area (Å²) in [5, 5.41) is 2.90. The van der Waals surface area contributed by atoms with E-state index in [1.54, 1.807) is 6.07 Å². The summed E-state index contributed by atoms with van der Waals surface area (Å²) >= 11 is 3.40. The number of amides is 1. The topological polar surface area (TPSA) is 46.9 Å². The molecule has 3 aromatic rings. The van der Waals surface area contributed by atoms with Crippen LogP contribution in [0, 0.1) is 5.82 Å². The lowest BCUT2D eigenvalue weighted by atomic mass is 10.1. The van der Waals surface area contributed by atoms with Gasteiger partial charge >= 0.3 is 6.03 Å². The van der Waals surface area contributed by atoms with Crippen LogP contribution in [0.2, 0.25) is 0 Å². The van der Waals surface area contributed by atoms with E-state index in [1.807, 2.05) is 24.3 Å². The smallest absolute Gasteiger partial charge is 0.327 e. The Balaban J connectivity index is 1.75. The molecule has 0 saturated heterocycles. The third-order valence-electron chi connectivity index (χ3n) is 3.81. The first kappa shape index (κ1) is 13.5. The van der Waals surface area contributed by atoms with Crippen LogP contribution in [0.5, 0.6) is 0 Å². The molecule has 0 radical (unpaired) electrons. The third kappa shape index (κ3) is 2.11. The van der Waals surface area contributed by atoms with Crippen molar-refractivity contribution >= 4 is 33.0 Å². The molecule has 1 N–H and O–H groups in total. The Morgan fingerprint density at radius 3 is 2.77 bits per heavy atom. The van der Waals surface area contributed by atoms with Crippen LogP contribution in [0.3, 0.4) is 0 Å². The molecule has 0 bridgehead atoms. The minimum absolute atomic E-state index is 0.205. The summed E-state index contributed by atoms with van der Waals surface area (Å²) in [7, 11) is 0. The highest BCUT2D eigenvalue weighted by Crippen LogP contribution is 2.28. The summed E-state index contributed by atoms with van der Waals surface area (Å²) in [5.74, 6) is 0.257. The summed E-state index contributed by atoms with van der Waals surface area (Å²) in [6.07, 6.45) is 0.644. The van der Waals surface area contributed by atoms with E-state index >= 15 is 0 Å². The number of hydrogen-bond donors (Lipinski definition) is 1. The second-order valence-electron chi connectivity index (χ2n) is 5.27.